The van der Waals surface area contributed by atoms with E-state index in [0.717, 1.165) is 37.4 Å². The Morgan fingerprint density at radius 2 is 2.30 bits per heavy atom. The van der Waals surface area contributed by atoms with E-state index in [0.29, 0.717) is 5.02 Å². The number of nitrogens with zero attached hydrogens (tertiary/aromatic N) is 2. The maximum Gasteiger partial charge on any atom is 0.147 e. The fourth-order valence-corrected chi connectivity index (χ4v) is 3.06. The van der Waals surface area contributed by atoms with Crippen LogP contribution in [0.2, 0.25) is 5.02 Å². The molecule has 0 aliphatic rings. The smallest absolute Gasteiger partial charge is 0.147 e. The van der Waals surface area contributed by atoms with Crippen LogP contribution < -0.4 is 10.2 Å². The van der Waals surface area contributed by atoms with Crippen LogP contribution in [0.5, 0.6) is 0 Å². The first kappa shape index (κ1) is 15.3. The molecular formula is C15H20ClN3S. The number of nitrogens with one attached hydrogen (secondary N) is 1. The van der Waals surface area contributed by atoms with Gasteiger partial charge in [-0.25, -0.2) is 4.98 Å². The second-order valence-electron chi connectivity index (χ2n) is 4.76. The summed E-state index contributed by atoms with van der Waals surface area (Å²) in [4.78, 5) is 7.88. The number of aromatic nitrogens is 1. The molecule has 2 aromatic rings. The Hall–Kier alpha value is -1.10. The van der Waals surface area contributed by atoms with Crippen molar-refractivity contribution in [3.8, 4) is 0 Å². The standard InChI is InChI=1S/C15H20ClN3S/c1-3-6-17-9-12-8-14(16)15(18-10-12)19(2)11-13-5-4-7-20-13/h4-5,7-8,10,17H,3,6,9,11H2,1-2H3. The SMILES string of the molecule is CCCNCc1cnc(N(C)Cc2cccs2)c(Cl)c1. The Morgan fingerprint density at radius 3 is 2.95 bits per heavy atom. The minimum absolute atomic E-state index is 0.708. The van der Waals surface area contributed by atoms with E-state index in [1.54, 1.807) is 11.3 Å². The normalized spacial score (nSPS) is 10.8. The van der Waals surface area contributed by atoms with Crippen molar-refractivity contribution >= 4 is 28.8 Å². The van der Waals surface area contributed by atoms with Gasteiger partial charge in [-0.05, 0) is 36.0 Å². The Kier molecular flexibility index (Phi) is 5.83. The summed E-state index contributed by atoms with van der Waals surface area (Å²) in [5.41, 5.74) is 1.12. The number of hydrogen-bond acceptors (Lipinski definition) is 4. The third-order valence-electron chi connectivity index (χ3n) is 2.97. The van der Waals surface area contributed by atoms with Crippen molar-refractivity contribution in [3.63, 3.8) is 0 Å². The van der Waals surface area contributed by atoms with Gasteiger partial charge in [0.25, 0.3) is 0 Å². The van der Waals surface area contributed by atoms with Crippen molar-refractivity contribution in [2.24, 2.45) is 0 Å². The maximum atomic E-state index is 6.35. The molecule has 1 N–H and O–H groups in total. The quantitative estimate of drug-likeness (QED) is 0.785. The van der Waals surface area contributed by atoms with Gasteiger partial charge in [0.15, 0.2) is 0 Å². The lowest BCUT2D eigenvalue weighted by molar-refractivity contribution is 0.674. The lowest BCUT2D eigenvalue weighted by atomic mass is 10.2. The summed E-state index contributed by atoms with van der Waals surface area (Å²) < 4.78 is 0. The molecule has 0 unspecified atom stereocenters. The van der Waals surface area contributed by atoms with Gasteiger partial charge in [0, 0.05) is 24.7 Å². The number of hydrogen-bond donors (Lipinski definition) is 1. The number of rotatable bonds is 7. The van der Waals surface area contributed by atoms with Crippen LogP contribution in [0.25, 0.3) is 0 Å². The van der Waals surface area contributed by atoms with Crippen LogP contribution in [-0.4, -0.2) is 18.6 Å². The second-order valence-corrected chi connectivity index (χ2v) is 6.20. The van der Waals surface area contributed by atoms with Gasteiger partial charge in [-0.3, -0.25) is 0 Å². The van der Waals surface area contributed by atoms with Crippen molar-refractivity contribution in [3.05, 3.63) is 45.2 Å². The molecule has 0 aliphatic heterocycles. The predicted octanol–water partition coefficient (Wildman–Crippen LogP) is 3.93. The molecule has 0 fully saturated rings. The summed E-state index contributed by atoms with van der Waals surface area (Å²) in [5.74, 6) is 0.833. The molecule has 0 bridgehead atoms. The molecule has 0 saturated carbocycles. The highest BCUT2D eigenvalue weighted by Gasteiger charge is 2.09. The topological polar surface area (TPSA) is 28.2 Å². The highest BCUT2D eigenvalue weighted by atomic mass is 35.5. The molecule has 2 heterocycles. The lowest BCUT2D eigenvalue weighted by Crippen LogP contribution is -2.18. The van der Waals surface area contributed by atoms with Crippen molar-refractivity contribution in [2.75, 3.05) is 18.5 Å². The van der Waals surface area contributed by atoms with Gasteiger partial charge in [0.05, 0.1) is 11.6 Å². The third-order valence-corrected chi connectivity index (χ3v) is 4.11. The molecule has 2 rings (SSSR count). The molecule has 108 valence electrons. The molecule has 20 heavy (non-hydrogen) atoms. The fraction of sp³-hybridized carbons (Fsp3) is 0.400. The zero-order chi connectivity index (χ0) is 14.4. The molecule has 3 nitrogen and oxygen atoms in total. The van der Waals surface area contributed by atoms with E-state index in [1.165, 1.54) is 4.88 Å². The van der Waals surface area contributed by atoms with Gasteiger partial charge in [0.1, 0.15) is 5.82 Å². The van der Waals surface area contributed by atoms with Crippen LogP contribution in [0.15, 0.2) is 29.8 Å². The minimum Gasteiger partial charge on any atom is -0.353 e. The zero-order valence-electron chi connectivity index (χ0n) is 11.9. The molecular weight excluding hydrogens is 290 g/mol. The van der Waals surface area contributed by atoms with Crippen molar-refractivity contribution in [2.45, 2.75) is 26.4 Å². The number of anilines is 1. The molecule has 5 heteroatoms. The molecule has 0 amide bonds. The van der Waals surface area contributed by atoms with E-state index >= 15 is 0 Å². The van der Waals surface area contributed by atoms with Crippen LogP contribution in [0.4, 0.5) is 5.82 Å². The molecule has 2 aromatic heterocycles. The van der Waals surface area contributed by atoms with E-state index < -0.39 is 0 Å². The lowest BCUT2D eigenvalue weighted by Gasteiger charge is -2.19. The minimum atomic E-state index is 0.708. The summed E-state index contributed by atoms with van der Waals surface area (Å²) in [6.45, 7) is 4.81. The molecule has 0 radical (unpaired) electrons. The van der Waals surface area contributed by atoms with Crippen molar-refractivity contribution < 1.29 is 0 Å². The molecule has 0 saturated heterocycles. The van der Waals surface area contributed by atoms with E-state index in [9.17, 15) is 0 Å². The van der Waals surface area contributed by atoms with E-state index in [-0.39, 0.29) is 0 Å². The molecule has 0 atom stereocenters. The zero-order valence-corrected chi connectivity index (χ0v) is 13.5. The van der Waals surface area contributed by atoms with Gasteiger partial charge in [-0.2, -0.15) is 0 Å². The molecule has 0 spiro atoms. The average molecular weight is 310 g/mol. The van der Waals surface area contributed by atoms with Crippen molar-refractivity contribution in [1.82, 2.24) is 10.3 Å². The summed E-state index contributed by atoms with van der Waals surface area (Å²) in [6, 6.07) is 6.18. The first-order valence-electron chi connectivity index (χ1n) is 6.79. The van der Waals surface area contributed by atoms with Gasteiger partial charge < -0.3 is 10.2 Å². The van der Waals surface area contributed by atoms with Crippen LogP contribution in [0.3, 0.4) is 0 Å². The summed E-state index contributed by atoms with van der Waals surface area (Å²) in [7, 11) is 2.02. The summed E-state index contributed by atoms with van der Waals surface area (Å²) in [6.07, 6.45) is 3.03. The summed E-state index contributed by atoms with van der Waals surface area (Å²) >= 11 is 8.09. The number of pyridine rings is 1. The van der Waals surface area contributed by atoms with Gasteiger partial charge in [-0.15, -0.1) is 11.3 Å². The fourth-order valence-electron chi connectivity index (χ4n) is 1.97. The maximum absolute atomic E-state index is 6.35. The monoisotopic (exact) mass is 309 g/mol. The molecule has 0 aromatic carbocycles. The van der Waals surface area contributed by atoms with Crippen LogP contribution in [-0.2, 0) is 13.1 Å². The second kappa shape index (κ2) is 7.62. The number of halogens is 1. The average Bonchev–Trinajstić information content (AvgIpc) is 2.92. The van der Waals surface area contributed by atoms with E-state index in [2.05, 4.69) is 39.6 Å². The van der Waals surface area contributed by atoms with E-state index in [1.807, 2.05) is 19.3 Å². The Labute approximate surface area is 129 Å². The predicted molar refractivity (Wildman–Crippen MR) is 87.7 cm³/mol. The van der Waals surface area contributed by atoms with Crippen molar-refractivity contribution in [1.29, 1.82) is 0 Å². The van der Waals surface area contributed by atoms with Crippen LogP contribution >= 0.6 is 22.9 Å². The third kappa shape index (κ3) is 4.20. The highest BCUT2D eigenvalue weighted by Crippen LogP contribution is 2.25. The summed E-state index contributed by atoms with van der Waals surface area (Å²) in [5, 5.41) is 6.15. The largest absolute Gasteiger partial charge is 0.353 e. The first-order valence-corrected chi connectivity index (χ1v) is 8.05. The molecule has 0 aliphatic carbocycles. The number of thiophene rings is 1. The first-order chi connectivity index (χ1) is 9.70. The Balaban J connectivity index is 2.01. The van der Waals surface area contributed by atoms with Gasteiger partial charge in [0.2, 0.25) is 0 Å². The van der Waals surface area contributed by atoms with E-state index in [4.69, 9.17) is 11.6 Å². The van der Waals surface area contributed by atoms with Crippen LogP contribution in [0, 0.1) is 0 Å². The Morgan fingerprint density at radius 1 is 1.45 bits per heavy atom. The highest BCUT2D eigenvalue weighted by molar-refractivity contribution is 7.09. The van der Waals surface area contributed by atoms with Gasteiger partial charge >= 0.3 is 0 Å². The Bertz CT molecular complexity index is 528. The van der Waals surface area contributed by atoms with Crippen LogP contribution in [0.1, 0.15) is 23.8 Å². The van der Waals surface area contributed by atoms with Gasteiger partial charge in [-0.1, -0.05) is 24.6 Å².